The Morgan fingerprint density at radius 2 is 1.75 bits per heavy atom. The fourth-order valence-corrected chi connectivity index (χ4v) is 5.05. The van der Waals surface area contributed by atoms with Crippen molar-refractivity contribution in [1.29, 1.82) is 0 Å². The maximum atomic E-state index is 11.8. The fourth-order valence-electron chi connectivity index (χ4n) is 5.05. The van der Waals surface area contributed by atoms with Gasteiger partial charge in [-0.1, -0.05) is 42.5 Å². The van der Waals surface area contributed by atoms with E-state index in [0.29, 0.717) is 25.6 Å². The third-order valence-electron chi connectivity index (χ3n) is 6.97. The van der Waals surface area contributed by atoms with Crippen molar-refractivity contribution < 1.29 is 19.4 Å². The van der Waals surface area contributed by atoms with E-state index in [1.165, 1.54) is 5.56 Å². The van der Waals surface area contributed by atoms with Crippen LogP contribution in [-0.2, 0) is 11.3 Å². The normalized spacial score (nSPS) is 25.6. The molecule has 1 saturated heterocycles. The molecule has 2 N–H and O–H groups in total. The van der Waals surface area contributed by atoms with Crippen LogP contribution in [-0.4, -0.2) is 54.5 Å². The maximum Gasteiger partial charge on any atom is 0.407 e. The fraction of sp³-hybridized carbons (Fsp3) is 0.500. The molecule has 0 spiro atoms. The van der Waals surface area contributed by atoms with Crippen LogP contribution in [0.3, 0.4) is 0 Å². The van der Waals surface area contributed by atoms with Gasteiger partial charge in [0, 0.05) is 19.1 Å². The lowest BCUT2D eigenvalue weighted by molar-refractivity contribution is -0.00519. The highest BCUT2D eigenvalue weighted by molar-refractivity contribution is 5.66. The Morgan fingerprint density at radius 3 is 2.41 bits per heavy atom. The minimum atomic E-state index is -0.861. The SMILES string of the molecule is COc1ccc(CN[C@H]2CCN(C(=O)O)[C@H]2CO[C@H]2CC[C@@H](c3ccccc3)CC2)cc1. The second-order valence-corrected chi connectivity index (χ2v) is 8.89. The molecule has 172 valence electrons. The van der Waals surface area contributed by atoms with Crippen LogP contribution in [0.1, 0.15) is 49.1 Å². The van der Waals surface area contributed by atoms with Crippen LogP contribution in [0, 0.1) is 0 Å². The maximum absolute atomic E-state index is 11.8. The van der Waals surface area contributed by atoms with E-state index in [2.05, 4.69) is 35.6 Å². The number of carboxylic acid groups (broad SMARTS) is 1. The highest BCUT2D eigenvalue weighted by Crippen LogP contribution is 2.34. The molecule has 6 nitrogen and oxygen atoms in total. The standard InChI is InChI=1S/C26H34N2O4/c1-31-22-11-7-19(8-12-22)17-27-24-15-16-28(26(29)30)25(24)18-32-23-13-9-21(10-14-23)20-5-3-2-4-6-20/h2-8,11-12,21,23-25,27H,9-10,13-18H2,1H3,(H,29,30)/t21-,23+,24-,25-/m0/s1. The number of nitrogens with one attached hydrogen (secondary N) is 1. The summed E-state index contributed by atoms with van der Waals surface area (Å²) in [5, 5.41) is 13.2. The van der Waals surface area contributed by atoms with Crippen LogP contribution in [0.4, 0.5) is 4.79 Å². The molecule has 1 aliphatic carbocycles. The molecular formula is C26H34N2O4. The summed E-state index contributed by atoms with van der Waals surface area (Å²) in [5.41, 5.74) is 2.57. The monoisotopic (exact) mass is 438 g/mol. The van der Waals surface area contributed by atoms with E-state index in [9.17, 15) is 9.90 Å². The number of likely N-dealkylation sites (tertiary alicyclic amines) is 1. The minimum absolute atomic E-state index is 0.0915. The molecule has 0 radical (unpaired) electrons. The van der Waals surface area contributed by atoms with Crippen LogP contribution < -0.4 is 10.1 Å². The lowest BCUT2D eigenvalue weighted by Crippen LogP contribution is -2.47. The van der Waals surface area contributed by atoms with E-state index in [1.807, 2.05) is 24.3 Å². The molecule has 2 atom stereocenters. The van der Waals surface area contributed by atoms with Crippen molar-refractivity contribution in [3.63, 3.8) is 0 Å². The molecule has 0 bridgehead atoms. The van der Waals surface area contributed by atoms with Crippen LogP contribution in [0.15, 0.2) is 54.6 Å². The molecule has 2 aliphatic rings. The summed E-state index contributed by atoms with van der Waals surface area (Å²) in [7, 11) is 1.66. The summed E-state index contributed by atoms with van der Waals surface area (Å²) in [5.74, 6) is 1.44. The van der Waals surface area contributed by atoms with Gasteiger partial charge in [-0.15, -0.1) is 0 Å². The molecule has 4 rings (SSSR count). The van der Waals surface area contributed by atoms with Gasteiger partial charge in [-0.25, -0.2) is 4.79 Å². The van der Waals surface area contributed by atoms with Gasteiger partial charge in [0.25, 0.3) is 0 Å². The highest BCUT2D eigenvalue weighted by Gasteiger charge is 2.37. The summed E-state index contributed by atoms with van der Waals surface area (Å²) in [6, 6.07) is 18.6. The molecule has 0 aromatic heterocycles. The molecule has 2 aromatic rings. The van der Waals surface area contributed by atoms with Crippen LogP contribution in [0.5, 0.6) is 5.75 Å². The first kappa shape index (κ1) is 22.6. The summed E-state index contributed by atoms with van der Waals surface area (Å²) in [4.78, 5) is 13.3. The van der Waals surface area contributed by atoms with Gasteiger partial charge in [0.2, 0.25) is 0 Å². The molecule has 2 aromatic carbocycles. The lowest BCUT2D eigenvalue weighted by Gasteiger charge is -2.32. The Balaban J connectivity index is 1.28. The molecule has 6 heteroatoms. The Hall–Kier alpha value is -2.57. The number of ether oxygens (including phenoxy) is 2. The Morgan fingerprint density at radius 1 is 1.03 bits per heavy atom. The number of methoxy groups -OCH3 is 1. The highest BCUT2D eigenvalue weighted by atomic mass is 16.5. The van der Waals surface area contributed by atoms with E-state index < -0.39 is 6.09 Å². The topological polar surface area (TPSA) is 71.0 Å². The Kier molecular flexibility index (Phi) is 7.66. The third-order valence-corrected chi connectivity index (χ3v) is 6.97. The van der Waals surface area contributed by atoms with Crippen LogP contribution in [0.2, 0.25) is 0 Å². The van der Waals surface area contributed by atoms with Gasteiger partial charge in [0.1, 0.15) is 5.75 Å². The zero-order valence-corrected chi connectivity index (χ0v) is 18.8. The number of benzene rings is 2. The van der Waals surface area contributed by atoms with Crippen LogP contribution in [0.25, 0.3) is 0 Å². The molecule has 32 heavy (non-hydrogen) atoms. The zero-order chi connectivity index (χ0) is 22.3. The average Bonchev–Trinajstić information content (AvgIpc) is 3.26. The van der Waals surface area contributed by atoms with Crippen molar-refractivity contribution >= 4 is 6.09 Å². The smallest absolute Gasteiger partial charge is 0.407 e. The summed E-state index contributed by atoms with van der Waals surface area (Å²) in [6.45, 7) is 1.69. The number of rotatable bonds is 8. The molecule has 2 fully saturated rings. The van der Waals surface area contributed by atoms with Gasteiger partial charge in [-0.2, -0.15) is 0 Å². The van der Waals surface area contributed by atoms with Crippen LogP contribution >= 0.6 is 0 Å². The number of hydrogen-bond donors (Lipinski definition) is 2. The third kappa shape index (κ3) is 5.61. The second kappa shape index (κ2) is 10.8. The van der Waals surface area contributed by atoms with Crippen molar-refractivity contribution in [2.24, 2.45) is 0 Å². The molecule has 0 unspecified atom stereocenters. The summed E-state index contributed by atoms with van der Waals surface area (Å²) < 4.78 is 11.5. The molecule has 1 amide bonds. The van der Waals surface area contributed by atoms with Gasteiger partial charge in [0.15, 0.2) is 0 Å². The molecule has 1 heterocycles. The predicted molar refractivity (Wildman–Crippen MR) is 124 cm³/mol. The Labute approximate surface area is 190 Å². The molecule has 1 saturated carbocycles. The summed E-state index contributed by atoms with van der Waals surface area (Å²) in [6.07, 6.45) is 4.47. The van der Waals surface area contributed by atoms with E-state index >= 15 is 0 Å². The predicted octanol–water partition coefficient (Wildman–Crippen LogP) is 4.65. The van der Waals surface area contributed by atoms with Crippen molar-refractivity contribution in [3.8, 4) is 5.75 Å². The van der Waals surface area contributed by atoms with Gasteiger partial charge >= 0.3 is 6.09 Å². The number of hydrogen-bond acceptors (Lipinski definition) is 4. The van der Waals surface area contributed by atoms with E-state index in [1.54, 1.807) is 12.0 Å². The number of nitrogens with zero attached hydrogens (tertiary/aromatic N) is 1. The van der Waals surface area contributed by atoms with Crippen molar-refractivity contribution in [2.45, 2.75) is 62.8 Å². The van der Waals surface area contributed by atoms with Crippen molar-refractivity contribution in [2.75, 3.05) is 20.3 Å². The van der Waals surface area contributed by atoms with Crippen molar-refractivity contribution in [1.82, 2.24) is 10.2 Å². The first-order chi connectivity index (χ1) is 15.6. The largest absolute Gasteiger partial charge is 0.497 e. The lowest BCUT2D eigenvalue weighted by atomic mass is 9.83. The average molecular weight is 439 g/mol. The van der Waals surface area contributed by atoms with E-state index in [-0.39, 0.29) is 18.2 Å². The van der Waals surface area contributed by atoms with Gasteiger partial charge in [0.05, 0.1) is 25.9 Å². The Bertz CT molecular complexity index is 850. The zero-order valence-electron chi connectivity index (χ0n) is 18.8. The quantitative estimate of drug-likeness (QED) is 0.628. The number of amides is 1. The molecule has 1 aliphatic heterocycles. The van der Waals surface area contributed by atoms with Crippen molar-refractivity contribution in [3.05, 3.63) is 65.7 Å². The number of carbonyl (C=O) groups is 1. The van der Waals surface area contributed by atoms with Gasteiger partial charge in [-0.3, -0.25) is 0 Å². The first-order valence-corrected chi connectivity index (χ1v) is 11.7. The van der Waals surface area contributed by atoms with E-state index in [0.717, 1.165) is 43.4 Å². The van der Waals surface area contributed by atoms with Gasteiger partial charge < -0.3 is 24.8 Å². The first-order valence-electron chi connectivity index (χ1n) is 11.7. The summed E-state index contributed by atoms with van der Waals surface area (Å²) >= 11 is 0. The van der Waals surface area contributed by atoms with E-state index in [4.69, 9.17) is 9.47 Å². The second-order valence-electron chi connectivity index (χ2n) is 8.89. The van der Waals surface area contributed by atoms with Gasteiger partial charge in [-0.05, 0) is 61.3 Å². The minimum Gasteiger partial charge on any atom is -0.497 e. The molecular weight excluding hydrogens is 404 g/mol.